The van der Waals surface area contributed by atoms with Crippen molar-refractivity contribution in [3.63, 3.8) is 0 Å². The number of nitrogens with zero attached hydrogens (tertiary/aromatic N) is 2. The normalized spacial score (nSPS) is 19.9. The average Bonchev–Trinajstić information content (AvgIpc) is 2.43. The van der Waals surface area contributed by atoms with Crippen LogP contribution >= 0.6 is 12.2 Å². The van der Waals surface area contributed by atoms with Crippen LogP contribution < -0.4 is 5.73 Å². The standard InChI is InChI=1S/C15H29N3OS/c1-5-6-13(14(16)20)17-7-9-18(10-8-17)15(19)12(4)11(2)3/h11-13H,5-10H2,1-4H3,(H2,16,20). The molecule has 5 heteroatoms. The van der Waals surface area contributed by atoms with E-state index in [1.807, 2.05) is 11.8 Å². The van der Waals surface area contributed by atoms with Gasteiger partial charge >= 0.3 is 0 Å². The van der Waals surface area contributed by atoms with E-state index in [1.54, 1.807) is 0 Å². The molecule has 2 atom stereocenters. The quantitative estimate of drug-likeness (QED) is 0.761. The molecule has 1 saturated heterocycles. The van der Waals surface area contributed by atoms with Gasteiger partial charge in [-0.1, -0.05) is 46.3 Å². The van der Waals surface area contributed by atoms with Crippen molar-refractivity contribution >= 4 is 23.1 Å². The fraction of sp³-hybridized carbons (Fsp3) is 0.867. The van der Waals surface area contributed by atoms with Gasteiger partial charge in [0.1, 0.15) is 0 Å². The van der Waals surface area contributed by atoms with Crippen molar-refractivity contribution in [2.45, 2.75) is 46.6 Å². The van der Waals surface area contributed by atoms with Gasteiger partial charge in [-0.05, 0) is 12.3 Å². The van der Waals surface area contributed by atoms with Gasteiger partial charge in [0.15, 0.2) is 0 Å². The van der Waals surface area contributed by atoms with Gasteiger partial charge in [-0.2, -0.15) is 0 Å². The highest BCUT2D eigenvalue weighted by atomic mass is 32.1. The first kappa shape index (κ1) is 17.4. The number of amides is 1. The second-order valence-corrected chi connectivity index (χ2v) is 6.57. The predicted octanol–water partition coefficient (Wildman–Crippen LogP) is 1.88. The summed E-state index contributed by atoms with van der Waals surface area (Å²) in [6.45, 7) is 11.7. The van der Waals surface area contributed by atoms with Crippen molar-refractivity contribution in [2.24, 2.45) is 17.6 Å². The molecule has 1 aliphatic heterocycles. The molecule has 1 rings (SSSR count). The van der Waals surface area contributed by atoms with E-state index in [4.69, 9.17) is 18.0 Å². The molecule has 2 unspecified atom stereocenters. The number of carbonyl (C=O) groups is 1. The van der Waals surface area contributed by atoms with Gasteiger partial charge in [0, 0.05) is 32.1 Å². The molecular formula is C15H29N3OS. The van der Waals surface area contributed by atoms with Crippen LogP contribution in [0.5, 0.6) is 0 Å². The Bertz CT molecular complexity index is 338. The van der Waals surface area contributed by atoms with Crippen molar-refractivity contribution in [3.05, 3.63) is 0 Å². The van der Waals surface area contributed by atoms with Gasteiger partial charge in [0.2, 0.25) is 5.91 Å². The van der Waals surface area contributed by atoms with Crippen LogP contribution in [0.25, 0.3) is 0 Å². The average molecular weight is 299 g/mol. The topological polar surface area (TPSA) is 49.6 Å². The molecule has 0 aromatic heterocycles. The molecule has 0 bridgehead atoms. The molecule has 4 nitrogen and oxygen atoms in total. The number of hydrogen-bond donors (Lipinski definition) is 1. The summed E-state index contributed by atoms with van der Waals surface area (Å²) < 4.78 is 0. The molecule has 2 N–H and O–H groups in total. The lowest BCUT2D eigenvalue weighted by molar-refractivity contribution is -0.138. The Balaban J connectivity index is 2.54. The largest absolute Gasteiger partial charge is 0.392 e. The lowest BCUT2D eigenvalue weighted by Crippen LogP contribution is -2.55. The number of piperazine rings is 1. The maximum atomic E-state index is 12.3. The Hall–Kier alpha value is -0.680. The zero-order valence-corrected chi connectivity index (χ0v) is 14.1. The van der Waals surface area contributed by atoms with Crippen LogP contribution in [0.3, 0.4) is 0 Å². The monoisotopic (exact) mass is 299 g/mol. The number of thiocarbonyl (C=S) groups is 1. The van der Waals surface area contributed by atoms with Gasteiger partial charge < -0.3 is 10.6 Å². The van der Waals surface area contributed by atoms with Crippen molar-refractivity contribution in [1.82, 2.24) is 9.80 Å². The maximum absolute atomic E-state index is 12.3. The third-order valence-electron chi connectivity index (χ3n) is 4.35. The molecule has 1 aliphatic rings. The summed E-state index contributed by atoms with van der Waals surface area (Å²) in [6, 6.07) is 0.190. The van der Waals surface area contributed by atoms with Crippen LogP contribution in [0.2, 0.25) is 0 Å². The van der Waals surface area contributed by atoms with Crippen LogP contribution in [-0.2, 0) is 4.79 Å². The first-order valence-electron chi connectivity index (χ1n) is 7.70. The highest BCUT2D eigenvalue weighted by Gasteiger charge is 2.29. The highest BCUT2D eigenvalue weighted by molar-refractivity contribution is 7.80. The molecule has 1 fully saturated rings. The van der Waals surface area contributed by atoms with Gasteiger partial charge in [-0.15, -0.1) is 0 Å². The van der Waals surface area contributed by atoms with Gasteiger partial charge in [0.25, 0.3) is 0 Å². The number of carbonyl (C=O) groups excluding carboxylic acids is 1. The minimum atomic E-state index is 0.101. The molecule has 1 heterocycles. The van der Waals surface area contributed by atoms with E-state index < -0.39 is 0 Å². The van der Waals surface area contributed by atoms with Crippen molar-refractivity contribution in [3.8, 4) is 0 Å². The van der Waals surface area contributed by atoms with Crippen LogP contribution in [-0.4, -0.2) is 52.9 Å². The van der Waals surface area contributed by atoms with Crippen LogP contribution in [0.1, 0.15) is 40.5 Å². The Morgan fingerprint density at radius 1 is 1.20 bits per heavy atom. The summed E-state index contributed by atoms with van der Waals surface area (Å²) in [4.78, 5) is 17.2. The summed E-state index contributed by atoms with van der Waals surface area (Å²) in [5, 5.41) is 0. The predicted molar refractivity (Wildman–Crippen MR) is 87.6 cm³/mol. The fourth-order valence-corrected chi connectivity index (χ4v) is 2.87. The van der Waals surface area contributed by atoms with Crippen molar-refractivity contribution < 1.29 is 4.79 Å². The fourth-order valence-electron chi connectivity index (χ4n) is 2.61. The molecular weight excluding hydrogens is 270 g/mol. The minimum Gasteiger partial charge on any atom is -0.392 e. The van der Waals surface area contributed by atoms with E-state index in [0.717, 1.165) is 39.0 Å². The molecule has 116 valence electrons. The Labute approximate surface area is 128 Å². The molecule has 0 aromatic carbocycles. The summed E-state index contributed by atoms with van der Waals surface area (Å²) in [5.74, 6) is 0.774. The van der Waals surface area contributed by atoms with Crippen molar-refractivity contribution in [2.75, 3.05) is 26.2 Å². The number of rotatable bonds is 6. The SMILES string of the molecule is CCCC(C(N)=S)N1CCN(C(=O)C(C)C(C)C)CC1. The van der Waals surface area contributed by atoms with Crippen LogP contribution in [0.15, 0.2) is 0 Å². The minimum absolute atomic E-state index is 0.101. The molecule has 20 heavy (non-hydrogen) atoms. The number of nitrogens with two attached hydrogens (primary N) is 1. The molecule has 0 spiro atoms. The zero-order chi connectivity index (χ0) is 15.3. The van der Waals surface area contributed by atoms with Crippen molar-refractivity contribution in [1.29, 1.82) is 0 Å². The number of hydrogen-bond acceptors (Lipinski definition) is 3. The second kappa shape index (κ2) is 7.93. The highest BCUT2D eigenvalue weighted by Crippen LogP contribution is 2.17. The first-order chi connectivity index (χ1) is 9.38. The van der Waals surface area contributed by atoms with E-state index in [9.17, 15) is 4.79 Å². The summed E-state index contributed by atoms with van der Waals surface area (Å²) in [7, 11) is 0. The first-order valence-corrected chi connectivity index (χ1v) is 8.11. The molecule has 0 aliphatic carbocycles. The summed E-state index contributed by atoms with van der Waals surface area (Å²) >= 11 is 5.18. The molecule has 1 amide bonds. The third-order valence-corrected chi connectivity index (χ3v) is 4.62. The Kier molecular flexibility index (Phi) is 6.89. The van der Waals surface area contributed by atoms with E-state index >= 15 is 0 Å². The lowest BCUT2D eigenvalue weighted by Gasteiger charge is -2.40. The molecule has 0 saturated carbocycles. The second-order valence-electron chi connectivity index (χ2n) is 6.10. The summed E-state index contributed by atoms with van der Waals surface area (Å²) in [5.41, 5.74) is 5.85. The molecule has 0 aromatic rings. The zero-order valence-electron chi connectivity index (χ0n) is 13.3. The molecule has 0 radical (unpaired) electrons. The van der Waals surface area contributed by atoms with Crippen LogP contribution in [0.4, 0.5) is 0 Å². The Morgan fingerprint density at radius 3 is 2.15 bits per heavy atom. The van der Waals surface area contributed by atoms with Gasteiger partial charge in [-0.3, -0.25) is 9.69 Å². The van der Waals surface area contributed by atoms with E-state index in [1.165, 1.54) is 0 Å². The lowest BCUT2D eigenvalue weighted by atomic mass is 9.96. The van der Waals surface area contributed by atoms with E-state index in [2.05, 4.69) is 25.7 Å². The van der Waals surface area contributed by atoms with Gasteiger partial charge in [-0.25, -0.2) is 0 Å². The van der Waals surface area contributed by atoms with Gasteiger partial charge in [0.05, 0.1) is 11.0 Å². The Morgan fingerprint density at radius 2 is 1.75 bits per heavy atom. The summed E-state index contributed by atoms with van der Waals surface area (Å²) in [6.07, 6.45) is 2.08. The third kappa shape index (κ3) is 4.42. The van der Waals surface area contributed by atoms with E-state index in [-0.39, 0.29) is 17.9 Å². The van der Waals surface area contributed by atoms with E-state index in [0.29, 0.717) is 10.9 Å². The maximum Gasteiger partial charge on any atom is 0.225 e. The smallest absolute Gasteiger partial charge is 0.225 e. The van der Waals surface area contributed by atoms with Crippen LogP contribution in [0, 0.1) is 11.8 Å².